The lowest BCUT2D eigenvalue weighted by atomic mass is 10.2. The Morgan fingerprint density at radius 1 is 1.44 bits per heavy atom. The number of hydrogen-bond donors (Lipinski definition) is 0. The highest BCUT2D eigenvalue weighted by atomic mass is 16.6. The highest BCUT2D eigenvalue weighted by Crippen LogP contribution is 2.23. The van der Waals surface area contributed by atoms with Gasteiger partial charge >= 0.3 is 0 Å². The fourth-order valence-electron chi connectivity index (χ4n) is 1.34. The molecule has 0 radical (unpaired) electrons. The van der Waals surface area contributed by atoms with Crippen molar-refractivity contribution in [3.63, 3.8) is 0 Å². The lowest BCUT2D eigenvalue weighted by Gasteiger charge is -2.05. The Morgan fingerprint density at radius 3 is 2.89 bits per heavy atom. The second-order valence-electron chi connectivity index (χ2n) is 3.36. The van der Waals surface area contributed by atoms with Crippen LogP contribution in [0, 0.1) is 10.1 Å². The van der Waals surface area contributed by atoms with E-state index in [-0.39, 0.29) is 23.6 Å². The monoisotopic (exact) mass is 248 g/mol. The van der Waals surface area contributed by atoms with Crippen molar-refractivity contribution in [3.05, 3.63) is 51.9 Å². The first-order valence-corrected chi connectivity index (χ1v) is 4.96. The normalized spacial score (nSPS) is 10.0. The summed E-state index contributed by atoms with van der Waals surface area (Å²) in [5.74, 6) is 0.747. The molecule has 1 aromatic carbocycles. The Balaban J connectivity index is 2.17. The number of aldehydes is 1. The Labute approximate surface area is 101 Å². The van der Waals surface area contributed by atoms with Crippen LogP contribution in [0.4, 0.5) is 5.69 Å². The van der Waals surface area contributed by atoms with Gasteiger partial charge in [0.25, 0.3) is 5.69 Å². The molecule has 0 saturated heterocycles. The number of carbonyl (C=O) groups excluding carboxylic acids is 1. The van der Waals surface area contributed by atoms with E-state index in [9.17, 15) is 14.9 Å². The molecule has 0 fully saturated rings. The van der Waals surface area contributed by atoms with Crippen molar-refractivity contribution in [3.8, 4) is 5.75 Å². The molecule has 0 aliphatic heterocycles. The molecule has 7 heteroatoms. The minimum Gasteiger partial charge on any atom is -0.485 e. The van der Waals surface area contributed by atoms with Gasteiger partial charge in [-0.2, -0.15) is 0 Å². The number of ether oxygens (including phenoxy) is 1. The number of non-ortho nitro benzene ring substituents is 1. The molecule has 2 aromatic rings. The molecule has 0 bridgehead atoms. The van der Waals surface area contributed by atoms with Gasteiger partial charge in [0.05, 0.1) is 16.7 Å². The van der Waals surface area contributed by atoms with Gasteiger partial charge in [-0.25, -0.2) is 0 Å². The van der Waals surface area contributed by atoms with Gasteiger partial charge < -0.3 is 9.26 Å². The summed E-state index contributed by atoms with van der Waals surface area (Å²) in [6, 6.07) is 5.41. The van der Waals surface area contributed by atoms with Crippen molar-refractivity contribution in [2.24, 2.45) is 0 Å². The summed E-state index contributed by atoms with van der Waals surface area (Å²) in [5, 5.41) is 14.1. The molecule has 0 N–H and O–H groups in total. The van der Waals surface area contributed by atoms with Gasteiger partial charge in [0.2, 0.25) is 0 Å². The van der Waals surface area contributed by atoms with Crippen LogP contribution in [0.25, 0.3) is 0 Å². The third kappa shape index (κ3) is 2.51. The third-order valence-corrected chi connectivity index (χ3v) is 2.19. The van der Waals surface area contributed by atoms with Crippen LogP contribution in [0.1, 0.15) is 16.1 Å². The Hall–Kier alpha value is -2.70. The highest BCUT2D eigenvalue weighted by molar-refractivity contribution is 5.80. The number of nitro groups is 1. The first-order chi connectivity index (χ1) is 8.70. The van der Waals surface area contributed by atoms with Gasteiger partial charge in [-0.3, -0.25) is 14.9 Å². The average molecular weight is 248 g/mol. The van der Waals surface area contributed by atoms with Crippen LogP contribution in [0.5, 0.6) is 5.75 Å². The van der Waals surface area contributed by atoms with Crippen LogP contribution >= 0.6 is 0 Å². The SMILES string of the molecule is O=Cc1cc([N+](=O)[O-])ccc1OCc1ccno1. The average Bonchev–Trinajstić information content (AvgIpc) is 2.89. The van der Waals surface area contributed by atoms with Crippen LogP contribution in [0.2, 0.25) is 0 Å². The maximum Gasteiger partial charge on any atom is 0.270 e. The van der Waals surface area contributed by atoms with E-state index in [1.54, 1.807) is 6.07 Å². The van der Waals surface area contributed by atoms with Gasteiger partial charge in [0, 0.05) is 18.2 Å². The van der Waals surface area contributed by atoms with E-state index in [4.69, 9.17) is 9.26 Å². The Morgan fingerprint density at radius 2 is 2.28 bits per heavy atom. The lowest BCUT2D eigenvalue weighted by Crippen LogP contribution is -1.98. The number of carbonyl (C=O) groups is 1. The predicted octanol–water partition coefficient (Wildman–Crippen LogP) is 1.97. The quantitative estimate of drug-likeness (QED) is 0.456. The molecule has 1 heterocycles. The molecule has 1 aromatic heterocycles. The summed E-state index contributed by atoms with van der Waals surface area (Å²) >= 11 is 0. The molecule has 0 unspecified atom stereocenters. The molecule has 0 aliphatic rings. The van der Waals surface area contributed by atoms with Crippen molar-refractivity contribution in [2.45, 2.75) is 6.61 Å². The van der Waals surface area contributed by atoms with E-state index in [1.165, 1.54) is 18.3 Å². The number of nitro benzene ring substituents is 1. The summed E-state index contributed by atoms with van der Waals surface area (Å²) in [4.78, 5) is 20.8. The summed E-state index contributed by atoms with van der Waals surface area (Å²) in [6.45, 7) is 0.0959. The first-order valence-electron chi connectivity index (χ1n) is 4.96. The Bertz CT molecular complexity index is 565. The molecule has 7 nitrogen and oxygen atoms in total. The molecule has 2 rings (SSSR count). The van der Waals surface area contributed by atoms with Crippen LogP contribution in [-0.2, 0) is 6.61 Å². The van der Waals surface area contributed by atoms with E-state index >= 15 is 0 Å². The molecular weight excluding hydrogens is 240 g/mol. The van der Waals surface area contributed by atoms with E-state index in [2.05, 4.69) is 5.16 Å². The van der Waals surface area contributed by atoms with Crippen LogP contribution < -0.4 is 4.74 Å². The number of nitrogens with zero attached hydrogens (tertiary/aromatic N) is 2. The molecule has 0 spiro atoms. The van der Waals surface area contributed by atoms with E-state index in [1.807, 2.05) is 0 Å². The maximum atomic E-state index is 10.8. The zero-order valence-electron chi connectivity index (χ0n) is 9.11. The van der Waals surface area contributed by atoms with Gasteiger partial charge in [0.1, 0.15) is 12.4 Å². The van der Waals surface area contributed by atoms with Crippen molar-refractivity contribution in [1.82, 2.24) is 5.16 Å². The number of benzene rings is 1. The highest BCUT2D eigenvalue weighted by Gasteiger charge is 2.11. The molecule has 0 amide bonds. The molecule has 92 valence electrons. The fourth-order valence-corrected chi connectivity index (χ4v) is 1.34. The number of aromatic nitrogens is 1. The third-order valence-electron chi connectivity index (χ3n) is 2.19. The predicted molar refractivity (Wildman–Crippen MR) is 59.3 cm³/mol. The van der Waals surface area contributed by atoms with Crippen molar-refractivity contribution < 1.29 is 19.0 Å². The van der Waals surface area contributed by atoms with Crippen LogP contribution in [0.15, 0.2) is 35.0 Å². The summed E-state index contributed by atoms with van der Waals surface area (Å²) in [7, 11) is 0. The summed E-state index contributed by atoms with van der Waals surface area (Å²) in [6.07, 6.45) is 1.97. The van der Waals surface area contributed by atoms with Crippen molar-refractivity contribution >= 4 is 12.0 Å². The topological polar surface area (TPSA) is 95.5 Å². The number of rotatable bonds is 5. The number of hydrogen-bond acceptors (Lipinski definition) is 6. The fraction of sp³-hybridized carbons (Fsp3) is 0.0909. The van der Waals surface area contributed by atoms with Gasteiger partial charge in [-0.15, -0.1) is 0 Å². The van der Waals surface area contributed by atoms with E-state index < -0.39 is 4.92 Å². The first kappa shape index (κ1) is 11.8. The zero-order chi connectivity index (χ0) is 13.0. The van der Waals surface area contributed by atoms with Gasteiger partial charge in [0.15, 0.2) is 12.0 Å². The molecule has 18 heavy (non-hydrogen) atoms. The molecular formula is C11H8N2O5. The van der Waals surface area contributed by atoms with Gasteiger partial charge in [-0.05, 0) is 6.07 Å². The smallest absolute Gasteiger partial charge is 0.270 e. The van der Waals surface area contributed by atoms with E-state index in [0.717, 1.165) is 6.07 Å². The molecule has 0 aliphatic carbocycles. The van der Waals surface area contributed by atoms with Crippen LogP contribution in [0.3, 0.4) is 0 Å². The largest absolute Gasteiger partial charge is 0.485 e. The van der Waals surface area contributed by atoms with Crippen molar-refractivity contribution in [2.75, 3.05) is 0 Å². The van der Waals surface area contributed by atoms with Gasteiger partial charge in [-0.1, -0.05) is 5.16 Å². The zero-order valence-corrected chi connectivity index (χ0v) is 9.11. The maximum absolute atomic E-state index is 10.8. The Kier molecular flexibility index (Phi) is 3.33. The van der Waals surface area contributed by atoms with Crippen molar-refractivity contribution in [1.29, 1.82) is 0 Å². The minimum absolute atomic E-state index is 0.0959. The minimum atomic E-state index is -0.576. The second kappa shape index (κ2) is 5.09. The van der Waals surface area contributed by atoms with Crippen LogP contribution in [-0.4, -0.2) is 16.4 Å². The molecule has 0 atom stereocenters. The lowest BCUT2D eigenvalue weighted by molar-refractivity contribution is -0.384. The standard InChI is InChI=1S/C11H8N2O5/c14-6-8-5-9(13(15)16)1-2-11(8)17-7-10-3-4-12-18-10/h1-6H,7H2. The second-order valence-corrected chi connectivity index (χ2v) is 3.36. The van der Waals surface area contributed by atoms with E-state index in [0.29, 0.717) is 12.0 Å². The summed E-state index contributed by atoms with van der Waals surface area (Å²) < 4.78 is 10.1. The molecule has 0 saturated carbocycles. The summed E-state index contributed by atoms with van der Waals surface area (Å²) in [5.41, 5.74) is -0.0483.